The van der Waals surface area contributed by atoms with E-state index < -0.39 is 0 Å². The second-order valence-corrected chi connectivity index (χ2v) is 7.24. The van der Waals surface area contributed by atoms with Crippen LogP contribution in [0.25, 0.3) is 0 Å². The maximum Gasteiger partial charge on any atom is 0.232 e. The molecular weight excluding hydrogens is 336 g/mol. The number of carbonyl (C=O) groups excluding carboxylic acids is 2. The zero-order valence-electron chi connectivity index (χ0n) is 13.9. The van der Waals surface area contributed by atoms with Gasteiger partial charge in [-0.3, -0.25) is 9.59 Å². The summed E-state index contributed by atoms with van der Waals surface area (Å²) in [5, 5.41) is 5.85. The van der Waals surface area contributed by atoms with Gasteiger partial charge in [-0.25, -0.2) is 4.98 Å². The first kappa shape index (κ1) is 16.1. The number of amides is 2. The van der Waals surface area contributed by atoms with Gasteiger partial charge in [0.1, 0.15) is 0 Å². The fraction of sp³-hybridized carbons (Fsp3) is 0.389. The molecule has 2 aliphatic rings. The van der Waals surface area contributed by atoms with Gasteiger partial charge in [0, 0.05) is 49.9 Å². The van der Waals surface area contributed by atoms with Gasteiger partial charge in [-0.2, -0.15) is 0 Å². The van der Waals surface area contributed by atoms with Crippen molar-refractivity contribution in [3.63, 3.8) is 0 Å². The van der Waals surface area contributed by atoms with Crippen molar-refractivity contribution >= 4 is 34.0 Å². The predicted molar refractivity (Wildman–Crippen MR) is 98.0 cm³/mol. The molecule has 1 aromatic heterocycles. The van der Waals surface area contributed by atoms with Gasteiger partial charge in [0.2, 0.25) is 11.8 Å². The second-order valence-electron chi connectivity index (χ2n) is 6.37. The standard InChI is InChI=1S/C18H20N4O2S/c23-16(12-14-13-4-1-2-5-15(13)20-17(14)24)21-7-3-8-22(10-9-21)18-19-6-11-25-18/h1-2,4-6,11,14H,3,7-10,12H2,(H,20,24). The predicted octanol–water partition coefficient (Wildman–Crippen LogP) is 2.31. The van der Waals surface area contributed by atoms with Gasteiger partial charge >= 0.3 is 0 Å². The number of nitrogens with one attached hydrogen (secondary N) is 1. The fourth-order valence-electron chi connectivity index (χ4n) is 3.51. The molecule has 6 nitrogen and oxygen atoms in total. The Labute approximate surface area is 150 Å². The number of benzene rings is 1. The van der Waals surface area contributed by atoms with Crippen molar-refractivity contribution in [2.75, 3.05) is 36.4 Å². The number of nitrogens with zero attached hydrogens (tertiary/aromatic N) is 3. The number of aromatic nitrogens is 1. The number of hydrogen-bond donors (Lipinski definition) is 1. The molecule has 1 aromatic carbocycles. The van der Waals surface area contributed by atoms with Crippen LogP contribution in [-0.2, 0) is 9.59 Å². The van der Waals surface area contributed by atoms with Gasteiger partial charge in [0.15, 0.2) is 5.13 Å². The topological polar surface area (TPSA) is 65.5 Å². The van der Waals surface area contributed by atoms with Crippen LogP contribution in [-0.4, -0.2) is 47.9 Å². The Morgan fingerprint density at radius 2 is 2.12 bits per heavy atom. The van der Waals surface area contributed by atoms with Crippen LogP contribution < -0.4 is 10.2 Å². The summed E-state index contributed by atoms with van der Waals surface area (Å²) in [7, 11) is 0. The maximum absolute atomic E-state index is 12.8. The Bertz CT molecular complexity index is 777. The second kappa shape index (κ2) is 6.84. The number of para-hydroxylation sites is 1. The minimum absolute atomic E-state index is 0.0536. The van der Waals surface area contributed by atoms with Gasteiger partial charge in [0.05, 0.1) is 5.92 Å². The number of anilines is 2. The maximum atomic E-state index is 12.8. The van der Waals surface area contributed by atoms with E-state index in [0.29, 0.717) is 6.54 Å². The van der Waals surface area contributed by atoms with Crippen molar-refractivity contribution in [1.29, 1.82) is 0 Å². The zero-order valence-corrected chi connectivity index (χ0v) is 14.7. The Hall–Kier alpha value is -2.41. The monoisotopic (exact) mass is 356 g/mol. The summed E-state index contributed by atoms with van der Waals surface area (Å²) in [5.41, 5.74) is 1.76. The van der Waals surface area contributed by atoms with Crippen LogP contribution in [0.15, 0.2) is 35.8 Å². The first-order valence-electron chi connectivity index (χ1n) is 8.54. The molecule has 0 spiro atoms. The summed E-state index contributed by atoms with van der Waals surface area (Å²) in [5.74, 6) is -0.395. The average Bonchev–Trinajstić information content (AvgIpc) is 3.17. The van der Waals surface area contributed by atoms with Gasteiger partial charge in [-0.15, -0.1) is 11.3 Å². The van der Waals surface area contributed by atoms with Gasteiger partial charge in [0.25, 0.3) is 0 Å². The molecule has 0 radical (unpaired) electrons. The number of hydrogen-bond acceptors (Lipinski definition) is 5. The first-order valence-corrected chi connectivity index (χ1v) is 9.42. The van der Waals surface area contributed by atoms with Crippen LogP contribution >= 0.6 is 11.3 Å². The molecule has 3 heterocycles. The summed E-state index contributed by atoms with van der Waals surface area (Å²) in [6.07, 6.45) is 2.96. The molecule has 4 rings (SSSR count). The van der Waals surface area contributed by atoms with Crippen LogP contribution in [0.1, 0.15) is 24.3 Å². The molecule has 1 unspecified atom stereocenters. The van der Waals surface area contributed by atoms with Crippen molar-refractivity contribution in [2.24, 2.45) is 0 Å². The minimum atomic E-state index is -0.373. The summed E-state index contributed by atoms with van der Waals surface area (Å²) in [6.45, 7) is 3.10. The Morgan fingerprint density at radius 1 is 1.24 bits per heavy atom. The number of rotatable bonds is 3. The van der Waals surface area contributed by atoms with Crippen molar-refractivity contribution < 1.29 is 9.59 Å². The van der Waals surface area contributed by atoms with E-state index in [1.165, 1.54) is 0 Å². The molecule has 0 saturated carbocycles. The Balaban J connectivity index is 1.41. The molecule has 2 aliphatic heterocycles. The highest BCUT2D eigenvalue weighted by molar-refractivity contribution is 7.13. The quantitative estimate of drug-likeness (QED) is 0.917. The van der Waals surface area contributed by atoms with E-state index in [0.717, 1.165) is 42.4 Å². The molecule has 2 amide bonds. The number of carbonyl (C=O) groups is 2. The van der Waals surface area contributed by atoms with E-state index in [2.05, 4.69) is 15.2 Å². The smallest absolute Gasteiger partial charge is 0.232 e. The third kappa shape index (κ3) is 3.24. The van der Waals surface area contributed by atoms with E-state index in [1.54, 1.807) is 11.3 Å². The summed E-state index contributed by atoms with van der Waals surface area (Å²) in [4.78, 5) is 33.5. The third-order valence-electron chi connectivity index (χ3n) is 4.83. The highest BCUT2D eigenvalue weighted by atomic mass is 32.1. The number of fused-ring (bicyclic) bond motifs is 1. The molecule has 25 heavy (non-hydrogen) atoms. The lowest BCUT2D eigenvalue weighted by atomic mass is 9.96. The molecule has 1 N–H and O–H groups in total. The fourth-order valence-corrected chi connectivity index (χ4v) is 4.21. The molecule has 130 valence electrons. The SMILES string of the molecule is O=C1Nc2ccccc2C1CC(=O)N1CCCN(c2nccs2)CC1. The minimum Gasteiger partial charge on any atom is -0.346 e. The summed E-state index contributed by atoms with van der Waals surface area (Å²) >= 11 is 1.63. The molecule has 1 saturated heterocycles. The van der Waals surface area contributed by atoms with E-state index >= 15 is 0 Å². The average molecular weight is 356 g/mol. The molecule has 0 bridgehead atoms. The first-order chi connectivity index (χ1) is 12.2. The van der Waals surface area contributed by atoms with Crippen LogP contribution in [0, 0.1) is 0 Å². The Kier molecular flexibility index (Phi) is 4.40. The van der Waals surface area contributed by atoms with E-state index in [1.807, 2.05) is 40.7 Å². The molecule has 1 fully saturated rings. The van der Waals surface area contributed by atoms with E-state index in [9.17, 15) is 9.59 Å². The largest absolute Gasteiger partial charge is 0.346 e. The lowest BCUT2D eigenvalue weighted by Crippen LogP contribution is -2.36. The van der Waals surface area contributed by atoms with Crippen molar-refractivity contribution in [2.45, 2.75) is 18.8 Å². The molecule has 2 aromatic rings. The molecule has 1 atom stereocenters. The summed E-state index contributed by atoms with van der Waals surface area (Å²) < 4.78 is 0. The van der Waals surface area contributed by atoms with E-state index in [4.69, 9.17) is 0 Å². The molecular formula is C18H20N4O2S. The molecule has 0 aliphatic carbocycles. The highest BCUT2D eigenvalue weighted by Crippen LogP contribution is 2.34. The van der Waals surface area contributed by atoms with Crippen LogP contribution in [0.2, 0.25) is 0 Å². The van der Waals surface area contributed by atoms with Crippen LogP contribution in [0.3, 0.4) is 0 Å². The van der Waals surface area contributed by atoms with Gasteiger partial charge in [-0.1, -0.05) is 18.2 Å². The lowest BCUT2D eigenvalue weighted by molar-refractivity contribution is -0.133. The van der Waals surface area contributed by atoms with Crippen molar-refractivity contribution in [1.82, 2.24) is 9.88 Å². The van der Waals surface area contributed by atoms with Crippen molar-refractivity contribution in [3.05, 3.63) is 41.4 Å². The third-order valence-corrected chi connectivity index (χ3v) is 5.66. The van der Waals surface area contributed by atoms with E-state index in [-0.39, 0.29) is 24.2 Å². The lowest BCUT2D eigenvalue weighted by Gasteiger charge is -2.22. The number of thiazole rings is 1. The summed E-state index contributed by atoms with van der Waals surface area (Å²) in [6, 6.07) is 7.62. The van der Waals surface area contributed by atoms with Crippen molar-refractivity contribution in [3.8, 4) is 0 Å². The highest BCUT2D eigenvalue weighted by Gasteiger charge is 2.33. The normalized spacial score (nSPS) is 20.2. The van der Waals surface area contributed by atoms with Gasteiger partial charge < -0.3 is 15.1 Å². The Morgan fingerprint density at radius 3 is 2.96 bits per heavy atom. The van der Waals surface area contributed by atoms with Crippen LogP contribution in [0.4, 0.5) is 10.8 Å². The van der Waals surface area contributed by atoms with Crippen LogP contribution in [0.5, 0.6) is 0 Å². The zero-order chi connectivity index (χ0) is 17.2. The van der Waals surface area contributed by atoms with Gasteiger partial charge in [-0.05, 0) is 18.1 Å². The molecule has 7 heteroatoms.